The first-order valence-corrected chi connectivity index (χ1v) is 10.3. The number of aromatic amines is 1. The summed E-state index contributed by atoms with van der Waals surface area (Å²) in [5, 5.41) is 21.0. The minimum Gasteiger partial charge on any atom is -0.493 e. The van der Waals surface area contributed by atoms with Crippen LogP contribution >= 0.6 is 15.9 Å². The van der Waals surface area contributed by atoms with E-state index in [0.29, 0.717) is 22.3 Å². The lowest BCUT2D eigenvalue weighted by Crippen LogP contribution is -2.20. The summed E-state index contributed by atoms with van der Waals surface area (Å²) in [6.45, 7) is -0.136. The van der Waals surface area contributed by atoms with Gasteiger partial charge < -0.3 is 20.1 Å². The molecule has 0 atom stereocenters. The summed E-state index contributed by atoms with van der Waals surface area (Å²) in [6.07, 6.45) is 0. The lowest BCUT2D eigenvalue weighted by molar-refractivity contribution is -0.118. The Labute approximate surface area is 191 Å². The van der Waals surface area contributed by atoms with Crippen LogP contribution in [0.1, 0.15) is 10.4 Å². The third kappa shape index (κ3) is 5.01. The number of H-pyrrole nitrogens is 1. The fourth-order valence-corrected chi connectivity index (χ4v) is 3.31. The van der Waals surface area contributed by atoms with Crippen LogP contribution in [0, 0.1) is 0 Å². The number of ether oxygens (including phenoxy) is 1. The molecule has 0 radical (unpaired) electrons. The van der Waals surface area contributed by atoms with E-state index in [-0.39, 0.29) is 29.6 Å². The summed E-state index contributed by atoms with van der Waals surface area (Å²) in [6, 6.07) is 20.6. The Bertz CT molecular complexity index is 1300. The van der Waals surface area contributed by atoms with Gasteiger partial charge in [-0.15, -0.1) is 10.2 Å². The van der Waals surface area contributed by atoms with Gasteiger partial charge in [0.05, 0.1) is 5.52 Å². The number of carbonyl (C=O) groups is 2. The zero-order valence-corrected chi connectivity index (χ0v) is 18.2. The van der Waals surface area contributed by atoms with Crippen molar-refractivity contribution in [3.63, 3.8) is 0 Å². The van der Waals surface area contributed by atoms with E-state index >= 15 is 0 Å². The second-order valence-corrected chi connectivity index (χ2v) is 7.66. The third-order valence-electron chi connectivity index (χ3n) is 4.48. The molecule has 0 unspecified atom stereocenters. The molecule has 8 nitrogen and oxygen atoms in total. The van der Waals surface area contributed by atoms with Gasteiger partial charge in [-0.25, -0.2) is 0 Å². The van der Waals surface area contributed by atoms with Crippen LogP contribution in [0.3, 0.4) is 0 Å². The fraction of sp³-hybridized carbons (Fsp3) is 0.0435. The van der Waals surface area contributed by atoms with Crippen LogP contribution in [-0.4, -0.2) is 28.5 Å². The van der Waals surface area contributed by atoms with Gasteiger partial charge in [-0.1, -0.05) is 34.1 Å². The molecule has 4 aromatic rings. The zero-order valence-electron chi connectivity index (χ0n) is 16.6. The quantitative estimate of drug-likeness (QED) is 0.304. The number of aromatic hydroxyl groups is 1. The van der Waals surface area contributed by atoms with Crippen LogP contribution < -0.4 is 10.1 Å². The van der Waals surface area contributed by atoms with E-state index in [0.717, 1.165) is 4.47 Å². The lowest BCUT2D eigenvalue weighted by Gasteiger charge is -2.07. The summed E-state index contributed by atoms with van der Waals surface area (Å²) in [5.41, 5.74) is 1.65. The van der Waals surface area contributed by atoms with Crippen LogP contribution in [-0.2, 0) is 4.79 Å². The largest absolute Gasteiger partial charge is 0.493 e. The maximum Gasteiger partial charge on any atom is 0.295 e. The number of rotatable bonds is 6. The minimum atomic E-state index is -0.584. The standard InChI is InChI=1S/C23H17BrN4O4/c24-15-8-11-19-18(12-15)21(23(31)26-19)27-28-22(30)14-6-9-16(10-7-14)25-20(29)13-32-17-4-2-1-3-5-17/h1-12,26,31H,13H2,(H,25,29). The van der Waals surface area contributed by atoms with Crippen LogP contribution in [0.2, 0.25) is 0 Å². The molecule has 0 aliphatic carbocycles. The van der Waals surface area contributed by atoms with Crippen molar-refractivity contribution in [2.75, 3.05) is 11.9 Å². The number of para-hydroxylation sites is 1. The van der Waals surface area contributed by atoms with Crippen molar-refractivity contribution in [1.82, 2.24) is 4.98 Å². The second kappa shape index (κ2) is 9.44. The first-order valence-electron chi connectivity index (χ1n) is 9.53. The Hall–Kier alpha value is -3.98. The molecular formula is C23H17BrN4O4. The Morgan fingerprint density at radius 2 is 1.78 bits per heavy atom. The highest BCUT2D eigenvalue weighted by Gasteiger charge is 2.12. The Balaban J connectivity index is 1.38. The van der Waals surface area contributed by atoms with E-state index < -0.39 is 5.91 Å². The van der Waals surface area contributed by atoms with E-state index in [9.17, 15) is 14.7 Å². The van der Waals surface area contributed by atoms with Crippen LogP contribution in [0.5, 0.6) is 11.6 Å². The van der Waals surface area contributed by atoms with Gasteiger partial charge in [0, 0.05) is 21.1 Å². The van der Waals surface area contributed by atoms with Crippen molar-refractivity contribution >= 4 is 50.0 Å². The van der Waals surface area contributed by atoms with E-state index in [2.05, 4.69) is 36.5 Å². The highest BCUT2D eigenvalue weighted by molar-refractivity contribution is 9.10. The number of hydrogen-bond donors (Lipinski definition) is 3. The molecule has 160 valence electrons. The van der Waals surface area contributed by atoms with Gasteiger partial charge in [-0.2, -0.15) is 0 Å². The number of amides is 2. The number of azo groups is 1. The molecule has 9 heteroatoms. The van der Waals surface area contributed by atoms with Crippen molar-refractivity contribution in [2.45, 2.75) is 0 Å². The van der Waals surface area contributed by atoms with Gasteiger partial charge in [-0.05, 0) is 54.6 Å². The maximum absolute atomic E-state index is 12.4. The van der Waals surface area contributed by atoms with Crippen LogP contribution in [0.25, 0.3) is 10.9 Å². The molecule has 0 spiro atoms. The molecule has 0 aliphatic heterocycles. The van der Waals surface area contributed by atoms with Crippen LogP contribution in [0.4, 0.5) is 11.4 Å². The number of carbonyl (C=O) groups excluding carboxylic acids is 2. The number of anilines is 1. The van der Waals surface area contributed by atoms with Gasteiger partial charge in [-0.3, -0.25) is 9.59 Å². The van der Waals surface area contributed by atoms with E-state index in [1.54, 1.807) is 36.4 Å². The third-order valence-corrected chi connectivity index (χ3v) is 4.98. The van der Waals surface area contributed by atoms with Gasteiger partial charge in [0.2, 0.25) is 5.88 Å². The summed E-state index contributed by atoms with van der Waals surface area (Å²) >= 11 is 3.37. The smallest absolute Gasteiger partial charge is 0.295 e. The van der Waals surface area contributed by atoms with Crippen molar-refractivity contribution in [1.29, 1.82) is 0 Å². The normalized spacial score (nSPS) is 11.0. The molecule has 32 heavy (non-hydrogen) atoms. The molecule has 1 aromatic heterocycles. The monoisotopic (exact) mass is 492 g/mol. The molecule has 0 saturated carbocycles. The van der Waals surface area contributed by atoms with Crippen molar-refractivity contribution in [2.24, 2.45) is 10.2 Å². The molecule has 4 rings (SSSR count). The summed E-state index contributed by atoms with van der Waals surface area (Å²) in [5.74, 6) is -0.486. The Morgan fingerprint density at radius 1 is 1.03 bits per heavy atom. The van der Waals surface area contributed by atoms with E-state index in [1.807, 2.05) is 24.3 Å². The molecule has 3 aromatic carbocycles. The number of nitrogens with zero attached hydrogens (tertiary/aromatic N) is 2. The number of fused-ring (bicyclic) bond motifs is 1. The Morgan fingerprint density at radius 3 is 2.53 bits per heavy atom. The average molecular weight is 493 g/mol. The van der Waals surface area contributed by atoms with Crippen molar-refractivity contribution in [3.05, 3.63) is 82.8 Å². The van der Waals surface area contributed by atoms with Crippen molar-refractivity contribution < 1.29 is 19.4 Å². The number of benzene rings is 3. The molecule has 0 aliphatic rings. The number of nitrogens with one attached hydrogen (secondary N) is 2. The number of halogens is 1. The maximum atomic E-state index is 12.4. The molecule has 0 fully saturated rings. The highest BCUT2D eigenvalue weighted by atomic mass is 79.9. The summed E-state index contributed by atoms with van der Waals surface area (Å²) in [7, 11) is 0. The molecular weight excluding hydrogens is 476 g/mol. The fourth-order valence-electron chi connectivity index (χ4n) is 2.95. The topological polar surface area (TPSA) is 116 Å². The average Bonchev–Trinajstić information content (AvgIpc) is 3.11. The first kappa shape index (κ1) is 21.3. The molecule has 1 heterocycles. The van der Waals surface area contributed by atoms with Crippen LogP contribution in [0.15, 0.2) is 87.5 Å². The predicted octanol–water partition coefficient (Wildman–Crippen LogP) is 5.58. The second-order valence-electron chi connectivity index (χ2n) is 6.74. The van der Waals surface area contributed by atoms with Gasteiger partial charge in [0.15, 0.2) is 12.3 Å². The Kier molecular flexibility index (Phi) is 6.27. The van der Waals surface area contributed by atoms with Gasteiger partial charge in [0.1, 0.15) is 5.75 Å². The predicted molar refractivity (Wildman–Crippen MR) is 124 cm³/mol. The zero-order chi connectivity index (χ0) is 22.5. The van der Waals surface area contributed by atoms with E-state index in [4.69, 9.17) is 4.74 Å². The highest BCUT2D eigenvalue weighted by Crippen LogP contribution is 2.36. The SMILES string of the molecule is O=C(COc1ccccc1)Nc1ccc(C(=O)N=Nc2c(O)[nH]c3ccc(Br)cc23)cc1. The van der Waals surface area contributed by atoms with Gasteiger partial charge in [0.25, 0.3) is 11.8 Å². The lowest BCUT2D eigenvalue weighted by atomic mass is 10.2. The molecule has 0 bridgehead atoms. The minimum absolute atomic E-state index is 0.136. The molecule has 0 saturated heterocycles. The molecule has 2 amide bonds. The van der Waals surface area contributed by atoms with E-state index in [1.165, 1.54) is 12.1 Å². The molecule has 3 N–H and O–H groups in total. The number of aromatic nitrogens is 1. The number of hydrogen-bond acceptors (Lipinski definition) is 5. The van der Waals surface area contributed by atoms with Gasteiger partial charge >= 0.3 is 0 Å². The van der Waals surface area contributed by atoms with Crippen molar-refractivity contribution in [3.8, 4) is 11.6 Å². The summed E-state index contributed by atoms with van der Waals surface area (Å²) in [4.78, 5) is 27.2. The summed E-state index contributed by atoms with van der Waals surface area (Å²) < 4.78 is 6.20. The first-order chi connectivity index (χ1) is 15.5.